The summed E-state index contributed by atoms with van der Waals surface area (Å²) in [6.45, 7) is 0. The standard InChI is InChI=1S/C12H13N3O6S2/c1-22-11-7-23(19,20)6-10(11)14-21-12(16)13-8-2-4-9(5-3-8)15(17)18/h2-5,11H,6-7H2,1H3,(H,13,16). The molecule has 1 heterocycles. The SMILES string of the molecule is CSC1CS(=O)(=O)CC1=NOC(=O)Nc1ccc([N+](=O)[O-])cc1. The van der Waals surface area contributed by atoms with Crippen LogP contribution in [-0.4, -0.2) is 48.2 Å². The van der Waals surface area contributed by atoms with E-state index < -0.39 is 20.9 Å². The molecule has 1 aromatic carbocycles. The lowest BCUT2D eigenvalue weighted by atomic mass is 10.3. The molecule has 0 radical (unpaired) electrons. The first-order valence-electron chi connectivity index (χ1n) is 6.33. The molecule has 0 saturated carbocycles. The van der Waals surface area contributed by atoms with Gasteiger partial charge in [0.15, 0.2) is 9.84 Å². The smallest absolute Gasteiger partial charge is 0.298 e. The third-order valence-corrected chi connectivity index (χ3v) is 5.80. The highest BCUT2D eigenvalue weighted by Gasteiger charge is 2.34. The van der Waals surface area contributed by atoms with Gasteiger partial charge in [0, 0.05) is 17.8 Å². The molecule has 1 saturated heterocycles. The minimum absolute atomic E-state index is 0.0274. The molecule has 23 heavy (non-hydrogen) atoms. The normalized spacial score (nSPS) is 21.1. The van der Waals surface area contributed by atoms with Crippen LogP contribution in [0.2, 0.25) is 0 Å². The highest BCUT2D eigenvalue weighted by atomic mass is 32.2. The zero-order chi connectivity index (χ0) is 17.0. The Kier molecular flexibility index (Phi) is 5.21. The molecule has 11 heteroatoms. The van der Waals surface area contributed by atoms with Gasteiger partial charge in [-0.3, -0.25) is 20.3 Å². The molecule has 1 aromatic rings. The summed E-state index contributed by atoms with van der Waals surface area (Å²) in [6.07, 6.45) is 0.841. The van der Waals surface area contributed by atoms with Crippen LogP contribution in [0.15, 0.2) is 29.4 Å². The molecule has 0 aliphatic carbocycles. The fourth-order valence-corrected chi connectivity index (χ4v) is 5.05. The molecule has 2 rings (SSSR count). The van der Waals surface area contributed by atoms with Crippen LogP contribution in [0.3, 0.4) is 0 Å². The number of hydrogen-bond acceptors (Lipinski definition) is 8. The number of oxime groups is 1. The van der Waals surface area contributed by atoms with E-state index in [2.05, 4.69) is 15.3 Å². The Morgan fingerprint density at radius 1 is 1.43 bits per heavy atom. The zero-order valence-corrected chi connectivity index (χ0v) is 13.6. The topological polar surface area (TPSA) is 128 Å². The molecule has 1 aliphatic heterocycles. The predicted octanol–water partition coefficient (Wildman–Crippen LogP) is 1.66. The maximum atomic E-state index is 11.6. The maximum absolute atomic E-state index is 11.6. The summed E-state index contributed by atoms with van der Waals surface area (Å²) in [7, 11) is -3.20. The molecule has 1 unspecified atom stereocenters. The first-order chi connectivity index (χ1) is 10.8. The molecule has 1 N–H and O–H groups in total. The van der Waals surface area contributed by atoms with E-state index in [0.29, 0.717) is 5.69 Å². The Hall–Kier alpha value is -2.14. The third kappa shape index (κ3) is 4.66. The number of nitro benzene ring substituents is 1. The lowest BCUT2D eigenvalue weighted by Gasteiger charge is -2.05. The van der Waals surface area contributed by atoms with Crippen molar-refractivity contribution < 1.29 is 23.0 Å². The van der Waals surface area contributed by atoms with E-state index in [1.54, 1.807) is 6.26 Å². The zero-order valence-electron chi connectivity index (χ0n) is 12.0. The fourth-order valence-electron chi connectivity index (χ4n) is 1.90. The monoisotopic (exact) mass is 359 g/mol. The fraction of sp³-hybridized carbons (Fsp3) is 0.333. The van der Waals surface area contributed by atoms with Crippen LogP contribution >= 0.6 is 11.8 Å². The summed E-state index contributed by atoms with van der Waals surface area (Å²) in [6, 6.07) is 5.15. The molecular formula is C12H13N3O6S2. The van der Waals surface area contributed by atoms with Gasteiger partial charge < -0.3 is 0 Å². The minimum Gasteiger partial charge on any atom is -0.298 e. The van der Waals surface area contributed by atoms with Crippen molar-refractivity contribution in [1.29, 1.82) is 0 Å². The van der Waals surface area contributed by atoms with E-state index in [1.165, 1.54) is 36.0 Å². The maximum Gasteiger partial charge on any atom is 0.437 e. The summed E-state index contributed by atoms with van der Waals surface area (Å²) < 4.78 is 23.1. The molecule has 1 fully saturated rings. The van der Waals surface area contributed by atoms with Crippen LogP contribution in [0, 0.1) is 10.1 Å². The highest BCUT2D eigenvalue weighted by Crippen LogP contribution is 2.21. The number of rotatable bonds is 4. The van der Waals surface area contributed by atoms with Gasteiger partial charge in [0.1, 0.15) is 0 Å². The van der Waals surface area contributed by atoms with E-state index in [9.17, 15) is 23.3 Å². The number of carbonyl (C=O) groups excluding carboxylic acids is 1. The van der Waals surface area contributed by atoms with Crippen LogP contribution < -0.4 is 5.32 Å². The second-order valence-electron chi connectivity index (χ2n) is 4.67. The van der Waals surface area contributed by atoms with Crippen molar-refractivity contribution in [1.82, 2.24) is 0 Å². The number of hydrogen-bond donors (Lipinski definition) is 1. The van der Waals surface area contributed by atoms with Crippen LogP contribution in [0.4, 0.5) is 16.2 Å². The van der Waals surface area contributed by atoms with E-state index in [0.717, 1.165) is 0 Å². The van der Waals surface area contributed by atoms with Gasteiger partial charge in [-0.2, -0.15) is 11.8 Å². The summed E-state index contributed by atoms with van der Waals surface area (Å²) in [4.78, 5) is 26.2. The minimum atomic E-state index is -3.20. The summed E-state index contributed by atoms with van der Waals surface area (Å²) >= 11 is 1.32. The Bertz CT molecular complexity index is 745. The summed E-state index contributed by atoms with van der Waals surface area (Å²) in [5.74, 6) is -0.260. The number of thioether (sulfide) groups is 1. The van der Waals surface area contributed by atoms with Crippen molar-refractivity contribution in [2.75, 3.05) is 23.1 Å². The van der Waals surface area contributed by atoms with E-state index in [-0.39, 0.29) is 28.2 Å². The Morgan fingerprint density at radius 3 is 2.65 bits per heavy atom. The van der Waals surface area contributed by atoms with E-state index in [4.69, 9.17) is 0 Å². The average Bonchev–Trinajstić information content (AvgIpc) is 2.80. The molecule has 1 amide bonds. The molecule has 1 atom stereocenters. The lowest BCUT2D eigenvalue weighted by Crippen LogP contribution is -2.17. The van der Waals surface area contributed by atoms with Crippen LogP contribution in [0.1, 0.15) is 0 Å². The highest BCUT2D eigenvalue weighted by molar-refractivity contribution is 8.02. The average molecular weight is 359 g/mol. The van der Waals surface area contributed by atoms with Gasteiger partial charge in [0.2, 0.25) is 0 Å². The number of non-ortho nitro benzene ring substituents is 1. The van der Waals surface area contributed by atoms with Crippen LogP contribution in [0.5, 0.6) is 0 Å². The second kappa shape index (κ2) is 6.96. The Balaban J connectivity index is 1.97. The summed E-state index contributed by atoms with van der Waals surface area (Å²) in [5.41, 5.74) is 0.473. The lowest BCUT2D eigenvalue weighted by molar-refractivity contribution is -0.384. The van der Waals surface area contributed by atoms with Gasteiger partial charge in [-0.1, -0.05) is 5.16 Å². The van der Waals surface area contributed by atoms with Gasteiger partial charge in [-0.05, 0) is 18.4 Å². The van der Waals surface area contributed by atoms with Crippen molar-refractivity contribution in [3.63, 3.8) is 0 Å². The second-order valence-corrected chi connectivity index (χ2v) is 7.82. The molecule has 124 valence electrons. The number of nitrogens with zero attached hydrogens (tertiary/aromatic N) is 2. The van der Waals surface area contributed by atoms with E-state index in [1.807, 2.05) is 0 Å². The molecule has 0 aromatic heterocycles. The number of benzene rings is 1. The quantitative estimate of drug-likeness (QED) is 0.492. The number of nitrogens with one attached hydrogen (secondary N) is 1. The Labute approximate surface area is 136 Å². The molecule has 1 aliphatic rings. The van der Waals surface area contributed by atoms with Crippen molar-refractivity contribution in [2.24, 2.45) is 5.16 Å². The molecule has 0 spiro atoms. The number of amides is 1. The van der Waals surface area contributed by atoms with Crippen LogP contribution in [-0.2, 0) is 14.7 Å². The molecule has 0 bridgehead atoms. The largest absolute Gasteiger partial charge is 0.437 e. The van der Waals surface area contributed by atoms with Gasteiger partial charge in [0.25, 0.3) is 5.69 Å². The number of anilines is 1. The van der Waals surface area contributed by atoms with Crippen molar-refractivity contribution in [3.8, 4) is 0 Å². The van der Waals surface area contributed by atoms with E-state index >= 15 is 0 Å². The van der Waals surface area contributed by atoms with Gasteiger partial charge in [-0.15, -0.1) is 0 Å². The summed E-state index contributed by atoms with van der Waals surface area (Å²) in [5, 5.41) is 16.1. The van der Waals surface area contributed by atoms with Crippen molar-refractivity contribution >= 4 is 44.8 Å². The van der Waals surface area contributed by atoms with Gasteiger partial charge in [-0.25, -0.2) is 13.2 Å². The van der Waals surface area contributed by atoms with Crippen molar-refractivity contribution in [2.45, 2.75) is 5.25 Å². The first-order valence-corrected chi connectivity index (χ1v) is 9.44. The van der Waals surface area contributed by atoms with Crippen molar-refractivity contribution in [3.05, 3.63) is 34.4 Å². The number of carbonyl (C=O) groups is 1. The molecule has 9 nitrogen and oxygen atoms in total. The van der Waals surface area contributed by atoms with Crippen LogP contribution in [0.25, 0.3) is 0 Å². The predicted molar refractivity (Wildman–Crippen MR) is 86.6 cm³/mol. The molecular weight excluding hydrogens is 346 g/mol. The first kappa shape index (κ1) is 17.2. The van der Waals surface area contributed by atoms with Gasteiger partial charge >= 0.3 is 6.09 Å². The number of sulfone groups is 1. The third-order valence-electron chi connectivity index (χ3n) is 3.00. The van der Waals surface area contributed by atoms with Gasteiger partial charge in [0.05, 0.1) is 27.4 Å². The Morgan fingerprint density at radius 2 is 2.09 bits per heavy atom. The number of nitro groups is 1.